The summed E-state index contributed by atoms with van der Waals surface area (Å²) in [5.41, 5.74) is 0.809. The highest BCUT2D eigenvalue weighted by Gasteiger charge is 2.25. The normalized spacial score (nSPS) is 12.3. The lowest BCUT2D eigenvalue weighted by molar-refractivity contribution is 0.180. The average molecular weight is 293 g/mol. The van der Waals surface area contributed by atoms with E-state index in [2.05, 4.69) is 0 Å². The van der Waals surface area contributed by atoms with E-state index in [4.69, 9.17) is 9.84 Å². The van der Waals surface area contributed by atoms with E-state index in [-0.39, 0.29) is 10.8 Å². The molecule has 5 nitrogen and oxygen atoms in total. The number of methoxy groups -OCH3 is 1. The van der Waals surface area contributed by atoms with Gasteiger partial charge in [-0.2, -0.15) is 4.31 Å². The Kier molecular flexibility index (Phi) is 5.74. The third kappa shape index (κ3) is 3.30. The van der Waals surface area contributed by atoms with E-state index in [1.165, 1.54) is 4.31 Å². The molecule has 7 heteroatoms. The Morgan fingerprint density at radius 1 is 1.50 bits per heavy atom. The summed E-state index contributed by atoms with van der Waals surface area (Å²) in [4.78, 5) is 0.691. The SMILES string of the molecule is CCN(CCOC)S(=O)(=O)c1cc(C)c(CO)s1. The molecule has 0 atom stereocenters. The molecular formula is C11H19NO4S2. The number of hydrogen-bond acceptors (Lipinski definition) is 5. The maximum Gasteiger partial charge on any atom is 0.252 e. The van der Waals surface area contributed by atoms with Crippen molar-refractivity contribution < 1.29 is 18.3 Å². The number of nitrogens with zero attached hydrogens (tertiary/aromatic N) is 1. The number of hydrogen-bond donors (Lipinski definition) is 1. The zero-order valence-electron chi connectivity index (χ0n) is 10.8. The minimum absolute atomic E-state index is 0.129. The molecule has 18 heavy (non-hydrogen) atoms. The molecule has 0 bridgehead atoms. The van der Waals surface area contributed by atoms with Gasteiger partial charge in [-0.3, -0.25) is 0 Å². The topological polar surface area (TPSA) is 66.8 Å². The van der Waals surface area contributed by atoms with Crippen molar-refractivity contribution in [3.05, 3.63) is 16.5 Å². The lowest BCUT2D eigenvalue weighted by Crippen LogP contribution is -2.33. The zero-order chi connectivity index (χ0) is 13.8. The molecule has 0 spiro atoms. The third-order valence-corrected chi connectivity index (χ3v) is 6.28. The molecule has 0 unspecified atom stereocenters. The molecule has 0 saturated heterocycles. The van der Waals surface area contributed by atoms with Gasteiger partial charge in [-0.15, -0.1) is 11.3 Å². The Hall–Kier alpha value is -0.470. The first-order valence-corrected chi connectivity index (χ1v) is 7.92. The van der Waals surface area contributed by atoms with Crippen LogP contribution in [0.5, 0.6) is 0 Å². The first-order chi connectivity index (χ1) is 8.47. The Labute approximate surface area is 112 Å². The zero-order valence-corrected chi connectivity index (χ0v) is 12.5. The van der Waals surface area contributed by atoms with Gasteiger partial charge in [0.15, 0.2) is 0 Å². The summed E-state index contributed by atoms with van der Waals surface area (Å²) in [6.45, 7) is 4.56. The number of ether oxygens (including phenoxy) is 1. The molecule has 1 heterocycles. The van der Waals surface area contributed by atoms with Crippen LogP contribution in [0.25, 0.3) is 0 Å². The van der Waals surface area contributed by atoms with Crippen LogP contribution in [0.2, 0.25) is 0 Å². The highest BCUT2D eigenvalue weighted by molar-refractivity contribution is 7.91. The Morgan fingerprint density at radius 2 is 2.17 bits per heavy atom. The summed E-state index contributed by atoms with van der Waals surface area (Å²) >= 11 is 1.12. The van der Waals surface area contributed by atoms with Crippen LogP contribution in [-0.2, 0) is 21.4 Å². The number of aliphatic hydroxyl groups excluding tert-OH is 1. The summed E-state index contributed by atoms with van der Waals surface area (Å²) in [5, 5.41) is 9.12. The van der Waals surface area contributed by atoms with Gasteiger partial charge in [-0.1, -0.05) is 6.92 Å². The van der Waals surface area contributed by atoms with Crippen LogP contribution in [0, 0.1) is 6.92 Å². The van der Waals surface area contributed by atoms with E-state index in [0.29, 0.717) is 24.6 Å². The number of aryl methyl sites for hydroxylation is 1. The summed E-state index contributed by atoms with van der Waals surface area (Å²) in [5.74, 6) is 0. The minimum Gasteiger partial charge on any atom is -0.391 e. The molecule has 1 N–H and O–H groups in total. The summed E-state index contributed by atoms with van der Waals surface area (Å²) in [7, 11) is -1.93. The van der Waals surface area contributed by atoms with Gasteiger partial charge in [0.2, 0.25) is 0 Å². The van der Waals surface area contributed by atoms with Crippen molar-refractivity contribution >= 4 is 21.4 Å². The molecule has 0 aliphatic rings. The molecule has 0 aliphatic heterocycles. The van der Waals surface area contributed by atoms with Crippen LogP contribution in [-0.4, -0.2) is 44.6 Å². The number of rotatable bonds is 7. The van der Waals surface area contributed by atoms with Crippen molar-refractivity contribution in [2.45, 2.75) is 24.7 Å². The van der Waals surface area contributed by atoms with E-state index in [9.17, 15) is 8.42 Å². The average Bonchev–Trinajstić information content (AvgIpc) is 2.72. The second kappa shape index (κ2) is 6.63. The number of likely N-dealkylation sites (N-methyl/N-ethyl adjacent to an activating group) is 1. The van der Waals surface area contributed by atoms with Gasteiger partial charge >= 0.3 is 0 Å². The maximum absolute atomic E-state index is 12.3. The largest absolute Gasteiger partial charge is 0.391 e. The number of aliphatic hydroxyl groups is 1. The Balaban J connectivity index is 3.02. The fourth-order valence-electron chi connectivity index (χ4n) is 1.54. The molecule has 0 radical (unpaired) electrons. The second-order valence-electron chi connectivity index (χ2n) is 3.82. The van der Waals surface area contributed by atoms with E-state index in [1.54, 1.807) is 27.0 Å². The second-order valence-corrected chi connectivity index (χ2v) is 7.12. The lowest BCUT2D eigenvalue weighted by atomic mass is 10.3. The Morgan fingerprint density at radius 3 is 2.61 bits per heavy atom. The summed E-state index contributed by atoms with van der Waals surface area (Å²) in [6.07, 6.45) is 0. The van der Waals surface area contributed by atoms with Gasteiger partial charge < -0.3 is 9.84 Å². The molecule has 1 rings (SSSR count). The molecule has 1 aromatic heterocycles. The summed E-state index contributed by atoms with van der Waals surface area (Å²) < 4.78 is 31.3. The van der Waals surface area contributed by atoms with Crippen molar-refractivity contribution in [2.24, 2.45) is 0 Å². The smallest absolute Gasteiger partial charge is 0.252 e. The molecular weight excluding hydrogens is 274 g/mol. The third-order valence-electron chi connectivity index (χ3n) is 2.63. The fourth-order valence-corrected chi connectivity index (χ4v) is 4.58. The minimum atomic E-state index is -3.47. The quantitative estimate of drug-likeness (QED) is 0.820. The van der Waals surface area contributed by atoms with Crippen molar-refractivity contribution in [3.63, 3.8) is 0 Å². The fraction of sp³-hybridized carbons (Fsp3) is 0.636. The number of thiophene rings is 1. The van der Waals surface area contributed by atoms with E-state index < -0.39 is 10.0 Å². The van der Waals surface area contributed by atoms with Crippen molar-refractivity contribution in [2.75, 3.05) is 26.8 Å². The predicted molar refractivity (Wildman–Crippen MR) is 71.3 cm³/mol. The van der Waals surface area contributed by atoms with Gasteiger partial charge in [0.05, 0.1) is 13.2 Å². The van der Waals surface area contributed by atoms with Crippen molar-refractivity contribution in [1.82, 2.24) is 4.31 Å². The molecule has 0 saturated carbocycles. The first kappa shape index (κ1) is 15.6. The van der Waals surface area contributed by atoms with Gasteiger partial charge in [0, 0.05) is 25.1 Å². The van der Waals surface area contributed by atoms with Gasteiger partial charge in [-0.05, 0) is 18.6 Å². The molecule has 104 valence electrons. The highest BCUT2D eigenvalue weighted by atomic mass is 32.2. The number of sulfonamides is 1. The van der Waals surface area contributed by atoms with Gasteiger partial charge in [0.1, 0.15) is 4.21 Å². The Bertz CT molecular complexity index is 481. The molecule has 0 amide bonds. The van der Waals surface area contributed by atoms with Crippen molar-refractivity contribution in [3.8, 4) is 0 Å². The van der Waals surface area contributed by atoms with Gasteiger partial charge in [-0.25, -0.2) is 8.42 Å². The standard InChI is InChI=1S/C11H19NO4S2/c1-4-12(5-6-16-3)18(14,15)11-7-9(2)10(8-13)17-11/h7,13H,4-6,8H2,1-3H3. The highest BCUT2D eigenvalue weighted by Crippen LogP contribution is 2.28. The first-order valence-electron chi connectivity index (χ1n) is 5.66. The van der Waals surface area contributed by atoms with E-state index in [1.807, 2.05) is 0 Å². The predicted octanol–water partition coefficient (Wildman–Crippen LogP) is 1.21. The maximum atomic E-state index is 12.3. The molecule has 0 aliphatic carbocycles. The van der Waals surface area contributed by atoms with Crippen molar-refractivity contribution in [1.29, 1.82) is 0 Å². The van der Waals surface area contributed by atoms with Crippen LogP contribution < -0.4 is 0 Å². The molecule has 0 aromatic carbocycles. The van der Waals surface area contributed by atoms with Crippen LogP contribution in [0.4, 0.5) is 0 Å². The monoisotopic (exact) mass is 293 g/mol. The van der Waals surface area contributed by atoms with E-state index >= 15 is 0 Å². The van der Waals surface area contributed by atoms with Crippen LogP contribution >= 0.6 is 11.3 Å². The summed E-state index contributed by atoms with van der Waals surface area (Å²) in [6, 6.07) is 1.61. The molecule has 1 aromatic rings. The van der Waals surface area contributed by atoms with Gasteiger partial charge in [0.25, 0.3) is 10.0 Å². The van der Waals surface area contributed by atoms with E-state index in [0.717, 1.165) is 16.9 Å². The van der Waals surface area contributed by atoms with Crippen LogP contribution in [0.1, 0.15) is 17.4 Å². The van der Waals surface area contributed by atoms with Crippen LogP contribution in [0.15, 0.2) is 10.3 Å². The lowest BCUT2D eigenvalue weighted by Gasteiger charge is -2.18. The van der Waals surface area contributed by atoms with Crippen LogP contribution in [0.3, 0.4) is 0 Å². The molecule has 0 fully saturated rings.